The maximum atomic E-state index is 13.0. The Morgan fingerprint density at radius 2 is 1.67 bits per heavy atom. The van der Waals surface area contributed by atoms with Crippen LogP contribution in [0, 0.1) is 5.92 Å². The van der Waals surface area contributed by atoms with Crippen molar-refractivity contribution in [2.75, 3.05) is 0 Å². The molecule has 0 fully saturated rings. The van der Waals surface area contributed by atoms with Gasteiger partial charge >= 0.3 is 5.92 Å². The van der Waals surface area contributed by atoms with Crippen molar-refractivity contribution in [2.24, 2.45) is 5.92 Å². The van der Waals surface area contributed by atoms with E-state index in [1.165, 1.54) is 13.8 Å². The van der Waals surface area contributed by atoms with Crippen molar-refractivity contribution in [1.82, 2.24) is 0 Å². The van der Waals surface area contributed by atoms with Crippen molar-refractivity contribution >= 4 is 5.78 Å². The number of carbonyl (C=O) groups excluding carboxylic acids is 1. The quantitative estimate of drug-likeness (QED) is 0.716. The molecule has 0 rings (SSSR count). The molecule has 0 aliphatic rings. The highest BCUT2D eigenvalue weighted by atomic mass is 19.3. The normalized spacial score (nSPS) is 13.7. The molecular formula is C8H14F2O2. The Labute approximate surface area is 70.6 Å². The highest BCUT2D eigenvalue weighted by Crippen LogP contribution is 2.31. The number of hydrogen-bond donors (Lipinski definition) is 1. The van der Waals surface area contributed by atoms with Gasteiger partial charge in [-0.2, -0.15) is 8.78 Å². The first-order valence-corrected chi connectivity index (χ1v) is 3.75. The maximum absolute atomic E-state index is 13.0. The second-order valence-electron chi connectivity index (χ2n) is 3.65. The lowest BCUT2D eigenvalue weighted by Gasteiger charge is -2.28. The third-order valence-corrected chi connectivity index (χ3v) is 1.60. The number of halogens is 2. The molecule has 0 aliphatic heterocycles. The molecule has 0 aromatic rings. The van der Waals surface area contributed by atoms with Crippen LogP contribution in [0.25, 0.3) is 0 Å². The van der Waals surface area contributed by atoms with Crippen LogP contribution in [0.1, 0.15) is 27.7 Å². The molecule has 0 saturated heterocycles. The van der Waals surface area contributed by atoms with Gasteiger partial charge in [0.25, 0.3) is 0 Å². The van der Waals surface area contributed by atoms with Crippen LogP contribution in [0.5, 0.6) is 0 Å². The summed E-state index contributed by atoms with van der Waals surface area (Å²) in [4.78, 5) is 10.9. The Morgan fingerprint density at radius 1 is 1.33 bits per heavy atom. The van der Waals surface area contributed by atoms with Crippen molar-refractivity contribution in [3.8, 4) is 0 Å². The fraction of sp³-hybridized carbons (Fsp3) is 0.875. The maximum Gasteiger partial charge on any atom is 0.332 e. The second kappa shape index (κ2) is 3.09. The largest absolute Gasteiger partial charge is 0.384 e. The number of carbonyl (C=O) groups is 1. The van der Waals surface area contributed by atoms with Crippen LogP contribution >= 0.6 is 0 Å². The van der Waals surface area contributed by atoms with E-state index in [0.29, 0.717) is 0 Å². The van der Waals surface area contributed by atoms with Gasteiger partial charge in [-0.3, -0.25) is 4.79 Å². The molecule has 72 valence electrons. The van der Waals surface area contributed by atoms with Gasteiger partial charge in [0.05, 0.1) is 0 Å². The minimum atomic E-state index is -3.67. The molecule has 4 heteroatoms. The molecule has 0 amide bonds. The zero-order valence-electron chi connectivity index (χ0n) is 7.69. The molecule has 0 unspecified atom stereocenters. The monoisotopic (exact) mass is 180 g/mol. The van der Waals surface area contributed by atoms with Gasteiger partial charge in [-0.05, 0) is 13.8 Å². The van der Waals surface area contributed by atoms with E-state index < -0.39 is 23.2 Å². The van der Waals surface area contributed by atoms with E-state index in [0.717, 1.165) is 13.8 Å². The van der Waals surface area contributed by atoms with Gasteiger partial charge in [-0.15, -0.1) is 0 Å². The Balaban J connectivity index is 4.74. The predicted molar refractivity (Wildman–Crippen MR) is 41.1 cm³/mol. The Kier molecular flexibility index (Phi) is 2.96. The molecule has 0 spiro atoms. The van der Waals surface area contributed by atoms with E-state index in [1.54, 1.807) is 0 Å². The fourth-order valence-corrected chi connectivity index (χ4v) is 0.664. The summed E-state index contributed by atoms with van der Waals surface area (Å²) in [6.45, 7) is 4.60. The number of aliphatic hydroxyl groups is 1. The van der Waals surface area contributed by atoms with Crippen LogP contribution in [0.3, 0.4) is 0 Å². The van der Waals surface area contributed by atoms with Gasteiger partial charge in [-0.25, -0.2) is 0 Å². The number of rotatable bonds is 3. The molecule has 0 radical (unpaired) electrons. The first kappa shape index (κ1) is 11.5. The highest BCUT2D eigenvalue weighted by molar-refractivity contribution is 5.88. The Morgan fingerprint density at radius 3 is 1.75 bits per heavy atom. The number of ketones is 1. The molecule has 1 N–H and O–H groups in total. The SMILES string of the molecule is CC(C)C(=O)C(F)(F)C(C)(C)O. The zero-order chi connectivity index (χ0) is 10.2. The van der Waals surface area contributed by atoms with E-state index in [9.17, 15) is 13.6 Å². The smallest absolute Gasteiger partial charge is 0.332 e. The van der Waals surface area contributed by atoms with Crippen LogP contribution in [0.15, 0.2) is 0 Å². The van der Waals surface area contributed by atoms with Gasteiger partial charge < -0.3 is 5.11 Å². The first-order chi connectivity index (χ1) is 5.10. The summed E-state index contributed by atoms with van der Waals surface area (Å²) in [6.07, 6.45) is 0. The third kappa shape index (κ3) is 2.00. The summed E-state index contributed by atoms with van der Waals surface area (Å²) in [6, 6.07) is 0. The number of Topliss-reactive ketones (excluding diaryl/α,β-unsaturated/α-hetero) is 1. The summed E-state index contributed by atoms with van der Waals surface area (Å²) in [7, 11) is 0. The summed E-state index contributed by atoms with van der Waals surface area (Å²) < 4.78 is 26.0. The molecule has 0 aromatic heterocycles. The van der Waals surface area contributed by atoms with E-state index >= 15 is 0 Å². The third-order valence-electron chi connectivity index (χ3n) is 1.60. The topological polar surface area (TPSA) is 37.3 Å². The zero-order valence-corrected chi connectivity index (χ0v) is 7.69. The van der Waals surface area contributed by atoms with Crippen molar-refractivity contribution < 1.29 is 18.7 Å². The van der Waals surface area contributed by atoms with Crippen molar-refractivity contribution in [2.45, 2.75) is 39.2 Å². The Bertz CT molecular complexity index is 180. The molecule has 0 heterocycles. The lowest BCUT2D eigenvalue weighted by Crippen LogP contribution is -2.50. The van der Waals surface area contributed by atoms with Gasteiger partial charge in [0.1, 0.15) is 5.60 Å². The van der Waals surface area contributed by atoms with E-state index in [4.69, 9.17) is 5.11 Å². The lowest BCUT2D eigenvalue weighted by molar-refractivity contribution is -0.183. The van der Waals surface area contributed by atoms with Crippen molar-refractivity contribution in [3.63, 3.8) is 0 Å². The van der Waals surface area contributed by atoms with Crippen molar-refractivity contribution in [1.29, 1.82) is 0 Å². The predicted octanol–water partition coefficient (Wildman–Crippen LogP) is 1.62. The van der Waals surface area contributed by atoms with Crippen molar-refractivity contribution in [3.05, 3.63) is 0 Å². The van der Waals surface area contributed by atoms with Crippen LogP contribution in [0.4, 0.5) is 8.78 Å². The number of alkyl halides is 2. The molecule has 0 saturated carbocycles. The molecule has 2 nitrogen and oxygen atoms in total. The van der Waals surface area contributed by atoms with E-state index in [2.05, 4.69) is 0 Å². The molecular weight excluding hydrogens is 166 g/mol. The average Bonchev–Trinajstić information content (AvgIpc) is 1.83. The van der Waals surface area contributed by atoms with Crippen LogP contribution < -0.4 is 0 Å². The summed E-state index contributed by atoms with van der Waals surface area (Å²) in [5.74, 6) is -5.66. The molecule has 0 aromatic carbocycles. The second-order valence-corrected chi connectivity index (χ2v) is 3.65. The number of hydrogen-bond acceptors (Lipinski definition) is 2. The lowest BCUT2D eigenvalue weighted by atomic mass is 9.91. The highest BCUT2D eigenvalue weighted by Gasteiger charge is 2.52. The van der Waals surface area contributed by atoms with E-state index in [-0.39, 0.29) is 0 Å². The first-order valence-electron chi connectivity index (χ1n) is 3.75. The van der Waals surface area contributed by atoms with Crippen LogP contribution in [-0.4, -0.2) is 22.4 Å². The molecule has 0 bridgehead atoms. The van der Waals surface area contributed by atoms with Crippen LogP contribution in [0.2, 0.25) is 0 Å². The summed E-state index contributed by atoms with van der Waals surface area (Å²) >= 11 is 0. The van der Waals surface area contributed by atoms with Gasteiger partial charge in [0, 0.05) is 5.92 Å². The summed E-state index contributed by atoms with van der Waals surface area (Å²) in [5, 5.41) is 8.99. The molecule has 0 aliphatic carbocycles. The Hall–Kier alpha value is -0.510. The van der Waals surface area contributed by atoms with E-state index in [1.807, 2.05) is 0 Å². The van der Waals surface area contributed by atoms with Gasteiger partial charge in [0.15, 0.2) is 0 Å². The van der Waals surface area contributed by atoms with Gasteiger partial charge in [-0.1, -0.05) is 13.8 Å². The average molecular weight is 180 g/mol. The fourth-order valence-electron chi connectivity index (χ4n) is 0.664. The van der Waals surface area contributed by atoms with Crippen LogP contribution in [-0.2, 0) is 4.79 Å². The molecule has 12 heavy (non-hydrogen) atoms. The minimum Gasteiger partial charge on any atom is -0.384 e. The minimum absolute atomic E-state index is 0.772. The van der Waals surface area contributed by atoms with Gasteiger partial charge in [0.2, 0.25) is 5.78 Å². The summed E-state index contributed by atoms with van der Waals surface area (Å²) in [5.41, 5.74) is -2.28. The standard InChI is InChI=1S/C8H14F2O2/c1-5(2)6(11)8(9,10)7(3,4)12/h5,12H,1-4H3. The molecule has 0 atom stereocenters.